The second kappa shape index (κ2) is 3.68. The van der Waals surface area contributed by atoms with Crippen LogP contribution in [-0.4, -0.2) is 17.0 Å². The first-order valence-electron chi connectivity index (χ1n) is 6.16. The molecule has 17 heavy (non-hydrogen) atoms. The summed E-state index contributed by atoms with van der Waals surface area (Å²) in [5.41, 5.74) is 0.182. The number of nitrogens with zero attached hydrogens (tertiary/aromatic N) is 1. The summed E-state index contributed by atoms with van der Waals surface area (Å²) in [5, 5.41) is 19.1. The second-order valence-electron chi connectivity index (χ2n) is 6.03. The normalized spacial score (nSPS) is 40.2. The maximum atomic E-state index is 12.0. The molecule has 0 radical (unpaired) electrons. The summed E-state index contributed by atoms with van der Waals surface area (Å²) in [4.78, 5) is 12.0. The summed E-state index contributed by atoms with van der Waals surface area (Å²) in [5.74, 6) is 0.0249. The number of fused-ring (bicyclic) bond motifs is 1. The standard InChI is InChI=1S/C14H19NO2/c1-13(2)11-7-10(16)6-9(8-15)14(11,3)5-4-12(13)17/h7,9-10,16H,4-6H2,1-3H3/t9-,10?,14-/m1/s1. The van der Waals surface area contributed by atoms with Gasteiger partial charge in [-0.25, -0.2) is 0 Å². The van der Waals surface area contributed by atoms with Crippen LogP contribution in [0.25, 0.3) is 0 Å². The quantitative estimate of drug-likeness (QED) is 0.652. The molecule has 0 bridgehead atoms. The number of nitriles is 1. The van der Waals surface area contributed by atoms with Crippen molar-refractivity contribution in [2.24, 2.45) is 16.7 Å². The van der Waals surface area contributed by atoms with E-state index in [1.54, 1.807) is 0 Å². The summed E-state index contributed by atoms with van der Waals surface area (Å²) in [7, 11) is 0. The van der Waals surface area contributed by atoms with Crippen molar-refractivity contribution in [1.29, 1.82) is 5.26 Å². The fourth-order valence-corrected chi connectivity index (χ4v) is 3.40. The Hall–Kier alpha value is -1.14. The van der Waals surface area contributed by atoms with Gasteiger partial charge < -0.3 is 5.11 Å². The van der Waals surface area contributed by atoms with Gasteiger partial charge in [0.2, 0.25) is 0 Å². The third-order valence-electron chi connectivity index (χ3n) is 4.62. The lowest BCUT2D eigenvalue weighted by molar-refractivity contribution is -0.129. The number of allylic oxidation sites excluding steroid dienone is 1. The molecular formula is C14H19NO2. The van der Waals surface area contributed by atoms with E-state index in [1.807, 2.05) is 19.9 Å². The first-order valence-corrected chi connectivity index (χ1v) is 6.16. The topological polar surface area (TPSA) is 61.1 Å². The van der Waals surface area contributed by atoms with Gasteiger partial charge in [-0.2, -0.15) is 5.26 Å². The first kappa shape index (κ1) is 12.3. The summed E-state index contributed by atoms with van der Waals surface area (Å²) < 4.78 is 0. The Morgan fingerprint density at radius 2 is 2.12 bits per heavy atom. The molecule has 92 valence electrons. The maximum Gasteiger partial charge on any atom is 0.142 e. The van der Waals surface area contributed by atoms with Gasteiger partial charge in [0.15, 0.2) is 0 Å². The molecule has 1 saturated carbocycles. The molecule has 0 aromatic heterocycles. The second-order valence-corrected chi connectivity index (χ2v) is 6.03. The highest BCUT2D eigenvalue weighted by Crippen LogP contribution is 2.55. The van der Waals surface area contributed by atoms with Crippen molar-refractivity contribution < 1.29 is 9.90 Å². The number of carbonyl (C=O) groups excluding carboxylic acids is 1. The van der Waals surface area contributed by atoms with E-state index in [2.05, 4.69) is 13.0 Å². The number of carbonyl (C=O) groups is 1. The van der Waals surface area contributed by atoms with Crippen LogP contribution in [0.15, 0.2) is 11.6 Å². The molecule has 2 aliphatic carbocycles. The Balaban J connectivity index is 2.54. The monoisotopic (exact) mass is 233 g/mol. The lowest BCUT2D eigenvalue weighted by atomic mass is 9.53. The average molecular weight is 233 g/mol. The third-order valence-corrected chi connectivity index (χ3v) is 4.62. The number of hydrogen-bond acceptors (Lipinski definition) is 3. The fraction of sp³-hybridized carbons (Fsp3) is 0.714. The molecule has 3 atom stereocenters. The van der Waals surface area contributed by atoms with Crippen molar-refractivity contribution in [2.45, 2.75) is 46.1 Å². The van der Waals surface area contributed by atoms with Gasteiger partial charge in [-0.1, -0.05) is 18.6 Å². The molecule has 0 heterocycles. The summed E-state index contributed by atoms with van der Waals surface area (Å²) in [6.45, 7) is 5.88. The molecule has 3 nitrogen and oxygen atoms in total. The molecule has 1 fully saturated rings. The van der Waals surface area contributed by atoms with E-state index in [9.17, 15) is 15.2 Å². The molecule has 3 heteroatoms. The van der Waals surface area contributed by atoms with Crippen molar-refractivity contribution in [2.75, 3.05) is 0 Å². The number of Topliss-reactive ketones (excluding diaryl/α,β-unsaturated/α-hetero) is 1. The summed E-state index contributed by atoms with van der Waals surface area (Å²) in [6, 6.07) is 2.31. The van der Waals surface area contributed by atoms with Crippen LogP contribution in [0.1, 0.15) is 40.0 Å². The maximum absolute atomic E-state index is 12.0. The van der Waals surface area contributed by atoms with Crippen molar-refractivity contribution in [3.8, 4) is 6.07 Å². The third kappa shape index (κ3) is 1.63. The van der Waals surface area contributed by atoms with Gasteiger partial charge in [0.05, 0.1) is 18.1 Å². The van der Waals surface area contributed by atoms with E-state index < -0.39 is 11.5 Å². The number of hydrogen-bond donors (Lipinski definition) is 1. The minimum absolute atomic E-state index is 0.190. The Bertz CT molecular complexity index is 430. The zero-order valence-corrected chi connectivity index (χ0v) is 10.7. The average Bonchev–Trinajstić information content (AvgIpc) is 2.26. The predicted molar refractivity (Wildman–Crippen MR) is 63.9 cm³/mol. The molecule has 0 aliphatic heterocycles. The zero-order chi connectivity index (χ0) is 12.8. The van der Waals surface area contributed by atoms with E-state index in [-0.39, 0.29) is 17.1 Å². The van der Waals surface area contributed by atoms with Crippen LogP contribution in [0.3, 0.4) is 0 Å². The zero-order valence-electron chi connectivity index (χ0n) is 10.7. The highest BCUT2D eigenvalue weighted by atomic mass is 16.3. The van der Waals surface area contributed by atoms with Gasteiger partial charge >= 0.3 is 0 Å². The molecule has 1 N–H and O–H groups in total. The van der Waals surface area contributed by atoms with Gasteiger partial charge in [0, 0.05) is 17.3 Å². The van der Waals surface area contributed by atoms with Crippen LogP contribution in [0.2, 0.25) is 0 Å². The van der Waals surface area contributed by atoms with Crippen molar-refractivity contribution in [3.05, 3.63) is 11.6 Å². The fourth-order valence-electron chi connectivity index (χ4n) is 3.40. The molecule has 0 amide bonds. The highest BCUT2D eigenvalue weighted by molar-refractivity contribution is 5.89. The van der Waals surface area contributed by atoms with Gasteiger partial charge in [-0.3, -0.25) is 4.79 Å². The first-order chi connectivity index (χ1) is 7.82. The van der Waals surface area contributed by atoms with E-state index in [4.69, 9.17) is 0 Å². The molecular weight excluding hydrogens is 214 g/mol. The van der Waals surface area contributed by atoms with Gasteiger partial charge in [-0.05, 0) is 26.7 Å². The van der Waals surface area contributed by atoms with Crippen molar-refractivity contribution >= 4 is 5.78 Å². The Morgan fingerprint density at radius 1 is 1.47 bits per heavy atom. The van der Waals surface area contributed by atoms with E-state index in [0.29, 0.717) is 12.8 Å². The van der Waals surface area contributed by atoms with Gasteiger partial charge in [0.1, 0.15) is 5.78 Å². The Kier molecular flexibility index (Phi) is 2.67. The van der Waals surface area contributed by atoms with E-state index in [0.717, 1.165) is 12.0 Å². The molecule has 0 aromatic carbocycles. The molecule has 0 aromatic rings. The van der Waals surface area contributed by atoms with Gasteiger partial charge in [0.25, 0.3) is 0 Å². The van der Waals surface area contributed by atoms with Crippen molar-refractivity contribution in [3.63, 3.8) is 0 Å². The van der Waals surface area contributed by atoms with Crippen molar-refractivity contribution in [1.82, 2.24) is 0 Å². The van der Waals surface area contributed by atoms with Crippen LogP contribution in [0, 0.1) is 28.1 Å². The summed E-state index contributed by atoms with van der Waals surface area (Å²) in [6.07, 6.45) is 2.97. The number of ketones is 1. The lowest BCUT2D eigenvalue weighted by Gasteiger charge is -2.50. The van der Waals surface area contributed by atoms with E-state index >= 15 is 0 Å². The SMILES string of the molecule is CC1(C)C(=O)CC[C@@]2(C)C1=CC(O)C[C@@H]2C#N. The highest BCUT2D eigenvalue weighted by Gasteiger charge is 2.52. The van der Waals surface area contributed by atoms with Crippen LogP contribution in [-0.2, 0) is 4.79 Å². The summed E-state index contributed by atoms with van der Waals surface area (Å²) >= 11 is 0. The lowest BCUT2D eigenvalue weighted by Crippen LogP contribution is -2.47. The van der Waals surface area contributed by atoms with Gasteiger partial charge in [-0.15, -0.1) is 0 Å². The Labute approximate surface area is 102 Å². The molecule has 2 rings (SSSR count). The van der Waals surface area contributed by atoms with Crippen LogP contribution in [0.4, 0.5) is 0 Å². The van der Waals surface area contributed by atoms with E-state index in [1.165, 1.54) is 0 Å². The number of rotatable bonds is 0. The minimum atomic E-state index is -0.590. The number of aliphatic hydroxyl groups excluding tert-OH is 1. The minimum Gasteiger partial charge on any atom is -0.389 e. The van der Waals surface area contributed by atoms with Crippen LogP contribution in [0.5, 0.6) is 0 Å². The molecule has 2 aliphatic rings. The largest absolute Gasteiger partial charge is 0.389 e. The Morgan fingerprint density at radius 3 is 2.71 bits per heavy atom. The van der Waals surface area contributed by atoms with Crippen LogP contribution < -0.4 is 0 Å². The van der Waals surface area contributed by atoms with Crippen LogP contribution >= 0.6 is 0 Å². The molecule has 0 spiro atoms. The molecule has 1 unspecified atom stereocenters. The predicted octanol–water partition coefficient (Wildman–Crippen LogP) is 2.21. The number of aliphatic hydroxyl groups is 1. The molecule has 0 saturated heterocycles. The smallest absolute Gasteiger partial charge is 0.142 e.